The fourth-order valence-corrected chi connectivity index (χ4v) is 3.65. The molecule has 0 atom stereocenters. The highest BCUT2D eigenvalue weighted by Crippen LogP contribution is 2.23. The van der Waals surface area contributed by atoms with Crippen LogP contribution in [0.5, 0.6) is 0 Å². The first-order valence-corrected chi connectivity index (χ1v) is 8.01. The number of aromatic amines is 1. The summed E-state index contributed by atoms with van der Waals surface area (Å²) in [6.07, 6.45) is 1.66. The molecule has 0 aliphatic carbocycles. The van der Waals surface area contributed by atoms with Crippen LogP contribution in [0.25, 0.3) is 11.3 Å². The maximum absolute atomic E-state index is 12.1. The second-order valence-electron chi connectivity index (χ2n) is 5.97. The van der Waals surface area contributed by atoms with E-state index in [4.69, 9.17) is 0 Å². The summed E-state index contributed by atoms with van der Waals surface area (Å²) in [4.78, 5) is 0. The predicted molar refractivity (Wildman–Crippen MR) is 80.9 cm³/mol. The maximum atomic E-state index is 12.1. The van der Waals surface area contributed by atoms with E-state index in [-0.39, 0.29) is 11.2 Å². The second kappa shape index (κ2) is 5.28. The molecule has 0 bridgehead atoms. The van der Waals surface area contributed by atoms with Gasteiger partial charge in [-0.2, -0.15) is 5.10 Å². The molecule has 0 saturated carbocycles. The van der Waals surface area contributed by atoms with E-state index in [1.54, 1.807) is 18.3 Å². The van der Waals surface area contributed by atoms with Gasteiger partial charge in [0, 0.05) is 17.4 Å². The Balaban J connectivity index is 2.21. The van der Waals surface area contributed by atoms with Crippen LogP contribution in [0.3, 0.4) is 0 Å². The van der Waals surface area contributed by atoms with Gasteiger partial charge in [0.05, 0.1) is 11.4 Å². The summed E-state index contributed by atoms with van der Waals surface area (Å²) < 4.78 is 26.8. The lowest BCUT2D eigenvalue weighted by Gasteiger charge is -2.19. The van der Waals surface area contributed by atoms with Crippen molar-refractivity contribution in [3.63, 3.8) is 0 Å². The van der Waals surface area contributed by atoms with Crippen molar-refractivity contribution in [2.45, 2.75) is 20.8 Å². The van der Waals surface area contributed by atoms with Crippen molar-refractivity contribution in [3.8, 4) is 11.3 Å². The van der Waals surface area contributed by atoms with Crippen LogP contribution in [0.2, 0.25) is 0 Å². The number of hydrogen-bond donors (Lipinski definition) is 2. The van der Waals surface area contributed by atoms with Gasteiger partial charge in [-0.25, -0.2) is 8.42 Å². The minimum Gasteiger partial charge on any atom is -0.284 e. The van der Waals surface area contributed by atoms with Crippen molar-refractivity contribution >= 4 is 15.7 Å². The summed E-state index contributed by atoms with van der Waals surface area (Å²) >= 11 is 0. The lowest BCUT2D eigenvalue weighted by atomic mass is 10.0. The highest BCUT2D eigenvalue weighted by Gasteiger charge is 2.21. The lowest BCUT2D eigenvalue weighted by molar-refractivity contribution is 0.463. The van der Waals surface area contributed by atoms with Gasteiger partial charge in [0.25, 0.3) is 0 Å². The first-order chi connectivity index (χ1) is 9.25. The molecule has 0 spiro atoms. The highest BCUT2D eigenvalue weighted by molar-refractivity contribution is 7.92. The average Bonchev–Trinajstić information content (AvgIpc) is 2.78. The van der Waals surface area contributed by atoms with Crippen molar-refractivity contribution in [2.24, 2.45) is 5.41 Å². The predicted octanol–water partition coefficient (Wildman–Crippen LogP) is 2.86. The van der Waals surface area contributed by atoms with E-state index in [0.717, 1.165) is 11.3 Å². The van der Waals surface area contributed by atoms with E-state index in [9.17, 15) is 8.42 Å². The van der Waals surface area contributed by atoms with Gasteiger partial charge in [0.1, 0.15) is 0 Å². The van der Waals surface area contributed by atoms with Crippen LogP contribution in [-0.4, -0.2) is 24.4 Å². The van der Waals surface area contributed by atoms with Crippen molar-refractivity contribution in [3.05, 3.63) is 36.5 Å². The van der Waals surface area contributed by atoms with Gasteiger partial charge >= 0.3 is 0 Å². The van der Waals surface area contributed by atoms with E-state index in [0.29, 0.717) is 5.69 Å². The standard InChI is InChI=1S/C14H19N3O2S/c1-14(2,3)10-20(18,19)17-12-6-4-5-11(9-12)13-7-8-15-16-13/h4-9,17H,10H2,1-3H3,(H,15,16). The number of nitrogens with one attached hydrogen (secondary N) is 2. The monoisotopic (exact) mass is 293 g/mol. The molecule has 0 unspecified atom stereocenters. The summed E-state index contributed by atoms with van der Waals surface area (Å²) in [5.41, 5.74) is 2.01. The SMILES string of the molecule is CC(C)(C)CS(=O)(=O)Nc1cccc(-c2ccn[nH]2)c1. The first kappa shape index (κ1) is 14.6. The molecule has 0 aliphatic heterocycles. The Morgan fingerprint density at radius 3 is 2.60 bits per heavy atom. The molecular formula is C14H19N3O2S. The highest BCUT2D eigenvalue weighted by atomic mass is 32.2. The second-order valence-corrected chi connectivity index (χ2v) is 7.70. The minimum absolute atomic E-state index is 0.0777. The van der Waals surface area contributed by atoms with Crippen LogP contribution in [0.1, 0.15) is 20.8 Å². The molecule has 20 heavy (non-hydrogen) atoms. The van der Waals surface area contributed by atoms with Gasteiger partial charge in [0.15, 0.2) is 0 Å². The zero-order valence-electron chi connectivity index (χ0n) is 11.8. The molecule has 0 aliphatic rings. The van der Waals surface area contributed by atoms with Gasteiger partial charge in [0.2, 0.25) is 10.0 Å². The molecule has 5 nitrogen and oxygen atoms in total. The Hall–Kier alpha value is -1.82. The lowest BCUT2D eigenvalue weighted by Crippen LogP contribution is -2.26. The van der Waals surface area contributed by atoms with Gasteiger partial charge in [-0.3, -0.25) is 9.82 Å². The largest absolute Gasteiger partial charge is 0.284 e. The Kier molecular flexibility index (Phi) is 3.85. The zero-order valence-corrected chi connectivity index (χ0v) is 12.7. The molecular weight excluding hydrogens is 274 g/mol. The molecule has 0 saturated heterocycles. The van der Waals surface area contributed by atoms with Gasteiger partial charge < -0.3 is 0 Å². The third-order valence-electron chi connectivity index (χ3n) is 2.57. The average molecular weight is 293 g/mol. The first-order valence-electron chi connectivity index (χ1n) is 6.35. The number of H-pyrrole nitrogens is 1. The molecule has 1 heterocycles. The van der Waals surface area contributed by atoms with Gasteiger partial charge in [-0.1, -0.05) is 32.9 Å². The van der Waals surface area contributed by atoms with Crippen LogP contribution >= 0.6 is 0 Å². The fraction of sp³-hybridized carbons (Fsp3) is 0.357. The van der Waals surface area contributed by atoms with Crippen molar-refractivity contribution < 1.29 is 8.42 Å². The summed E-state index contributed by atoms with van der Waals surface area (Å²) in [6.45, 7) is 5.69. The third kappa shape index (κ3) is 4.09. The van der Waals surface area contributed by atoms with Crippen LogP contribution in [0.15, 0.2) is 36.5 Å². The number of rotatable bonds is 4. The molecule has 0 amide bonds. The van der Waals surface area contributed by atoms with Crippen molar-refractivity contribution in [2.75, 3.05) is 10.5 Å². The Morgan fingerprint density at radius 1 is 1.25 bits per heavy atom. The number of anilines is 1. The third-order valence-corrected chi connectivity index (χ3v) is 4.36. The Labute approximate surface area is 119 Å². The normalized spacial score (nSPS) is 12.3. The molecule has 2 aromatic rings. The van der Waals surface area contributed by atoms with Crippen molar-refractivity contribution in [1.82, 2.24) is 10.2 Å². The van der Waals surface area contributed by atoms with Crippen molar-refractivity contribution in [1.29, 1.82) is 0 Å². The van der Waals surface area contributed by atoms with Crippen LogP contribution in [-0.2, 0) is 10.0 Å². The van der Waals surface area contributed by atoms with Gasteiger partial charge in [-0.05, 0) is 23.6 Å². The minimum atomic E-state index is -3.35. The van der Waals surface area contributed by atoms with E-state index in [2.05, 4.69) is 14.9 Å². The molecule has 1 aromatic heterocycles. The number of hydrogen-bond acceptors (Lipinski definition) is 3. The van der Waals surface area contributed by atoms with Gasteiger partial charge in [-0.15, -0.1) is 0 Å². The zero-order chi connectivity index (χ0) is 14.8. The smallest absolute Gasteiger partial charge is 0.233 e. The quantitative estimate of drug-likeness (QED) is 0.910. The molecule has 1 aromatic carbocycles. The molecule has 0 fully saturated rings. The molecule has 2 N–H and O–H groups in total. The van der Waals surface area contributed by atoms with E-state index in [1.807, 2.05) is 39.0 Å². The maximum Gasteiger partial charge on any atom is 0.233 e. The van der Waals surface area contributed by atoms with E-state index in [1.165, 1.54) is 0 Å². The van der Waals surface area contributed by atoms with Crippen LogP contribution in [0, 0.1) is 5.41 Å². The topological polar surface area (TPSA) is 74.8 Å². The van der Waals surface area contributed by atoms with Crippen LogP contribution in [0.4, 0.5) is 5.69 Å². The van der Waals surface area contributed by atoms with Crippen LogP contribution < -0.4 is 4.72 Å². The number of benzene rings is 1. The summed E-state index contributed by atoms with van der Waals surface area (Å²) in [7, 11) is -3.35. The Morgan fingerprint density at radius 2 is 2.00 bits per heavy atom. The number of nitrogens with zero attached hydrogens (tertiary/aromatic N) is 1. The molecule has 108 valence electrons. The fourth-order valence-electron chi connectivity index (χ4n) is 1.95. The summed E-state index contributed by atoms with van der Waals surface area (Å²) in [5, 5.41) is 6.74. The molecule has 2 rings (SSSR count). The Bertz CT molecular complexity index is 671. The number of aromatic nitrogens is 2. The van der Waals surface area contributed by atoms with E-state index >= 15 is 0 Å². The summed E-state index contributed by atoms with van der Waals surface area (Å²) in [6, 6.07) is 9.07. The molecule has 6 heteroatoms. The number of sulfonamides is 1. The molecule has 0 radical (unpaired) electrons. The summed E-state index contributed by atoms with van der Waals surface area (Å²) in [5.74, 6) is 0.0777. The van der Waals surface area contributed by atoms with E-state index < -0.39 is 10.0 Å².